The molecule has 1 N–H and O–H groups in total. The van der Waals surface area contributed by atoms with E-state index in [1.54, 1.807) is 14.2 Å². The van der Waals surface area contributed by atoms with Gasteiger partial charge in [0.2, 0.25) is 0 Å². The number of hydrogen-bond donors (Lipinski definition) is 1. The summed E-state index contributed by atoms with van der Waals surface area (Å²) in [6, 6.07) is 11.8. The molecule has 1 aromatic carbocycles. The molecule has 0 aliphatic rings. The molecule has 0 aliphatic heterocycles. The van der Waals surface area contributed by atoms with Crippen molar-refractivity contribution < 1.29 is 14.6 Å². The van der Waals surface area contributed by atoms with Gasteiger partial charge in [-0.05, 0) is 37.1 Å². The van der Waals surface area contributed by atoms with Gasteiger partial charge in [0.15, 0.2) is 0 Å². The van der Waals surface area contributed by atoms with Crippen molar-refractivity contribution in [3.05, 3.63) is 48.7 Å². The number of benzene rings is 1. The van der Waals surface area contributed by atoms with Gasteiger partial charge in [0.25, 0.3) is 0 Å². The highest BCUT2D eigenvalue weighted by atomic mass is 16.5. The van der Waals surface area contributed by atoms with E-state index in [2.05, 4.69) is 11.1 Å². The topological polar surface area (TPSA) is 43.6 Å². The highest BCUT2D eigenvalue weighted by molar-refractivity contribution is 5.71. The first kappa shape index (κ1) is 16.2. The lowest BCUT2D eigenvalue weighted by molar-refractivity contribution is 0.191. The van der Waals surface area contributed by atoms with E-state index in [4.69, 9.17) is 9.47 Å². The maximum Gasteiger partial charge on any atom is 0.132 e. The van der Waals surface area contributed by atoms with Crippen LogP contribution in [0, 0.1) is 0 Å². The highest BCUT2D eigenvalue weighted by Gasteiger charge is 2.14. The molecular weight excluding hydrogens is 278 g/mol. The van der Waals surface area contributed by atoms with Gasteiger partial charge in [0.1, 0.15) is 11.5 Å². The zero-order chi connectivity index (χ0) is 15.9. The molecule has 4 nitrogen and oxygen atoms in total. The Morgan fingerprint density at radius 2 is 1.91 bits per heavy atom. The summed E-state index contributed by atoms with van der Waals surface area (Å²) in [6.07, 6.45) is 1.93. The first-order chi connectivity index (χ1) is 10.7. The summed E-state index contributed by atoms with van der Waals surface area (Å²) in [4.78, 5) is 0. The van der Waals surface area contributed by atoms with E-state index < -0.39 is 0 Å². The molecule has 0 saturated heterocycles. The Labute approximate surface area is 131 Å². The normalized spacial score (nSPS) is 10.6. The lowest BCUT2D eigenvalue weighted by Crippen LogP contribution is -2.06. The fraction of sp³-hybridized carbons (Fsp3) is 0.333. The smallest absolute Gasteiger partial charge is 0.132 e. The first-order valence-corrected chi connectivity index (χ1v) is 7.39. The van der Waals surface area contributed by atoms with Gasteiger partial charge >= 0.3 is 0 Å². The second-order valence-corrected chi connectivity index (χ2v) is 5.10. The molecule has 2 rings (SSSR count). The van der Waals surface area contributed by atoms with Crippen molar-refractivity contribution in [2.24, 2.45) is 0 Å². The predicted octanol–water partition coefficient (Wildman–Crippen LogP) is 4.12. The summed E-state index contributed by atoms with van der Waals surface area (Å²) >= 11 is 0. The fourth-order valence-electron chi connectivity index (χ4n) is 2.57. The molecule has 2 aromatic rings. The summed E-state index contributed by atoms with van der Waals surface area (Å²) in [6.45, 7) is 5.19. The number of hydrogen-bond acceptors (Lipinski definition) is 3. The molecule has 1 aromatic heterocycles. The number of unbranched alkanes of at least 4 members (excludes halogenated alkanes) is 1. The van der Waals surface area contributed by atoms with Gasteiger partial charge < -0.3 is 19.1 Å². The maximum atomic E-state index is 9.82. The van der Waals surface area contributed by atoms with Gasteiger partial charge in [-0.1, -0.05) is 18.7 Å². The Kier molecular flexibility index (Phi) is 5.67. The van der Waals surface area contributed by atoms with Gasteiger partial charge in [0.05, 0.1) is 18.5 Å². The van der Waals surface area contributed by atoms with Crippen LogP contribution in [0.25, 0.3) is 17.0 Å². The molecule has 118 valence electrons. The van der Waals surface area contributed by atoms with E-state index in [1.807, 2.05) is 36.4 Å². The van der Waals surface area contributed by atoms with Gasteiger partial charge in [0, 0.05) is 25.8 Å². The third-order valence-electron chi connectivity index (χ3n) is 3.64. The molecule has 0 unspecified atom stereocenters. The zero-order valence-corrected chi connectivity index (χ0v) is 13.2. The quantitative estimate of drug-likeness (QED) is 0.589. The number of ether oxygens (including phenoxy) is 2. The summed E-state index contributed by atoms with van der Waals surface area (Å²) < 4.78 is 12.6. The zero-order valence-electron chi connectivity index (χ0n) is 13.2. The number of methoxy groups -OCH3 is 2. The summed E-state index contributed by atoms with van der Waals surface area (Å²) in [5.74, 6) is 0.890. The van der Waals surface area contributed by atoms with Crippen LogP contribution in [0.4, 0.5) is 0 Å². The molecule has 0 spiro atoms. The monoisotopic (exact) mass is 301 g/mol. The summed E-state index contributed by atoms with van der Waals surface area (Å²) in [5, 5.41) is 9.82. The van der Waals surface area contributed by atoms with Crippen molar-refractivity contribution in [2.75, 3.05) is 20.8 Å². The van der Waals surface area contributed by atoms with Crippen LogP contribution in [0.15, 0.2) is 43.0 Å². The molecule has 0 fully saturated rings. The van der Waals surface area contributed by atoms with Gasteiger partial charge in [-0.15, -0.1) is 0 Å². The van der Waals surface area contributed by atoms with E-state index in [0.717, 1.165) is 48.7 Å². The van der Waals surface area contributed by atoms with Crippen molar-refractivity contribution in [1.82, 2.24) is 4.57 Å². The van der Waals surface area contributed by atoms with E-state index >= 15 is 0 Å². The Morgan fingerprint density at radius 1 is 1.14 bits per heavy atom. The van der Waals surface area contributed by atoms with E-state index in [0.29, 0.717) is 0 Å². The minimum Gasteiger partial charge on any atom is -0.506 e. The molecule has 0 saturated carbocycles. The van der Waals surface area contributed by atoms with Crippen LogP contribution in [-0.4, -0.2) is 30.5 Å². The van der Waals surface area contributed by atoms with Crippen LogP contribution in [0.5, 0.6) is 5.75 Å². The third kappa shape index (κ3) is 3.52. The number of aliphatic hydroxyl groups is 1. The van der Waals surface area contributed by atoms with Crippen LogP contribution in [0.1, 0.15) is 18.5 Å². The summed E-state index contributed by atoms with van der Waals surface area (Å²) in [7, 11) is 3.37. The Hall–Kier alpha value is -2.20. The Morgan fingerprint density at radius 3 is 2.59 bits per heavy atom. The van der Waals surface area contributed by atoms with Crippen LogP contribution in [0.3, 0.4) is 0 Å². The SMILES string of the molecule is C=C(O)c1ccc(-c2ccccc2OC)n1CCCCOC. The third-order valence-corrected chi connectivity index (χ3v) is 3.64. The minimum absolute atomic E-state index is 0.0767. The Bertz CT molecular complexity index is 631. The van der Waals surface area contributed by atoms with E-state index in [9.17, 15) is 5.11 Å². The number of nitrogens with zero attached hydrogens (tertiary/aromatic N) is 1. The van der Waals surface area contributed by atoms with Gasteiger partial charge in [-0.25, -0.2) is 0 Å². The minimum atomic E-state index is 0.0767. The molecule has 1 heterocycles. The first-order valence-electron chi connectivity index (χ1n) is 7.39. The molecule has 0 atom stereocenters. The van der Waals surface area contributed by atoms with Gasteiger partial charge in [-0.2, -0.15) is 0 Å². The van der Waals surface area contributed by atoms with Crippen LogP contribution in [-0.2, 0) is 11.3 Å². The van der Waals surface area contributed by atoms with Crippen LogP contribution >= 0.6 is 0 Å². The van der Waals surface area contributed by atoms with Gasteiger partial charge in [-0.3, -0.25) is 0 Å². The second kappa shape index (κ2) is 7.71. The largest absolute Gasteiger partial charge is 0.506 e. The molecule has 4 heteroatoms. The Balaban J connectivity index is 2.36. The van der Waals surface area contributed by atoms with Crippen LogP contribution in [0.2, 0.25) is 0 Å². The molecule has 0 aliphatic carbocycles. The average molecular weight is 301 g/mol. The maximum absolute atomic E-state index is 9.82. The van der Waals surface area contributed by atoms with Crippen molar-refractivity contribution in [3.63, 3.8) is 0 Å². The van der Waals surface area contributed by atoms with Crippen molar-refractivity contribution in [3.8, 4) is 17.0 Å². The molecule has 0 radical (unpaired) electrons. The fourth-order valence-corrected chi connectivity index (χ4v) is 2.57. The van der Waals surface area contributed by atoms with Crippen molar-refractivity contribution in [1.29, 1.82) is 0 Å². The number of rotatable bonds is 8. The molecular formula is C18H23NO3. The van der Waals surface area contributed by atoms with Crippen molar-refractivity contribution >= 4 is 5.76 Å². The lowest BCUT2D eigenvalue weighted by Gasteiger charge is -2.15. The van der Waals surface area contributed by atoms with Crippen LogP contribution < -0.4 is 4.74 Å². The molecule has 22 heavy (non-hydrogen) atoms. The molecule has 0 bridgehead atoms. The number of para-hydroxylation sites is 1. The number of aromatic nitrogens is 1. The standard InChI is InChI=1S/C18H23NO3/c1-14(20)16-10-11-17(19(16)12-6-7-13-21-2)15-8-4-5-9-18(15)22-3/h4-5,8-11,20H,1,6-7,12-13H2,2-3H3. The van der Waals surface area contributed by atoms with Crippen molar-refractivity contribution in [2.45, 2.75) is 19.4 Å². The predicted molar refractivity (Wildman–Crippen MR) is 89.2 cm³/mol. The number of aliphatic hydroxyl groups excluding tert-OH is 1. The molecule has 0 amide bonds. The summed E-state index contributed by atoms with van der Waals surface area (Å²) in [5.41, 5.74) is 2.75. The van der Waals surface area contributed by atoms with E-state index in [-0.39, 0.29) is 5.76 Å². The highest BCUT2D eigenvalue weighted by Crippen LogP contribution is 2.32. The second-order valence-electron chi connectivity index (χ2n) is 5.10. The lowest BCUT2D eigenvalue weighted by atomic mass is 10.1. The van der Waals surface area contributed by atoms with E-state index in [1.165, 1.54) is 0 Å². The average Bonchev–Trinajstić information content (AvgIpc) is 2.95.